The molecule has 0 aromatic carbocycles. The first-order chi connectivity index (χ1) is 26.0. The van der Waals surface area contributed by atoms with Crippen molar-refractivity contribution in [3.05, 3.63) is 56.1 Å². The summed E-state index contributed by atoms with van der Waals surface area (Å²) in [7, 11) is 1.84. The van der Waals surface area contributed by atoms with Crippen molar-refractivity contribution in [3.63, 3.8) is 0 Å². The van der Waals surface area contributed by atoms with Crippen molar-refractivity contribution < 1.29 is 24.2 Å². The summed E-state index contributed by atoms with van der Waals surface area (Å²) in [5, 5.41) is 19.1. The van der Waals surface area contributed by atoms with Crippen LogP contribution in [0.2, 0.25) is 5.02 Å². The van der Waals surface area contributed by atoms with Gasteiger partial charge in [0.15, 0.2) is 11.6 Å². The molecule has 10 nitrogen and oxygen atoms in total. The Morgan fingerprint density at radius 3 is 2.32 bits per heavy atom. The summed E-state index contributed by atoms with van der Waals surface area (Å²) in [5.74, 6) is -0.0556. The zero-order valence-electron chi connectivity index (χ0n) is 34.8. The fourth-order valence-electron chi connectivity index (χ4n) is 13.7. The monoisotopic (exact) mass is 786 g/mol. The SMILES string of the molecule is CC(C)C1=C2[C@H]3CC[C@@H]4[C@@]5(C)CC[C@H](OC(=O)CC(C)(C)C(=O)O)C(C)(C)[C@@H]5CC[C@@]4(C)[C@]3(C)CC[C@@]2(c2c(Cl)c(=O)n(-c3ccc(C#N)cn3)n2C)CC1=O. The molecule has 0 saturated heterocycles. The number of hydrogen-bond donors (Lipinski definition) is 1. The fraction of sp³-hybridized carbons (Fsp3) is 0.689. The van der Waals surface area contributed by atoms with Crippen molar-refractivity contribution in [2.24, 2.45) is 57.8 Å². The molecule has 0 unspecified atom stereocenters. The lowest BCUT2D eigenvalue weighted by Crippen LogP contribution is -2.66. The van der Waals surface area contributed by atoms with Crippen molar-refractivity contribution in [1.29, 1.82) is 5.26 Å². The number of allylic oxidation sites excluding steroid dienone is 2. The Labute approximate surface area is 336 Å². The number of fused-ring (bicyclic) bond motifs is 7. The lowest BCUT2D eigenvalue weighted by atomic mass is 9.33. The molecule has 0 radical (unpaired) electrons. The largest absolute Gasteiger partial charge is 0.481 e. The quantitative estimate of drug-likeness (QED) is 0.275. The van der Waals surface area contributed by atoms with E-state index in [0.717, 1.165) is 50.5 Å². The number of esters is 1. The van der Waals surface area contributed by atoms with Crippen molar-refractivity contribution in [2.45, 2.75) is 138 Å². The number of Topliss-reactive ketones (excluding diaryl/α,β-unsaturated/α-hetero) is 1. The Balaban J connectivity index is 1.26. The van der Waals surface area contributed by atoms with Gasteiger partial charge in [-0.05, 0) is 128 Å². The molecule has 2 aromatic heterocycles. The first-order valence-corrected chi connectivity index (χ1v) is 20.9. The minimum atomic E-state index is -1.19. The second-order valence-electron chi connectivity index (χ2n) is 20.3. The smallest absolute Gasteiger partial charge is 0.309 e. The van der Waals surface area contributed by atoms with E-state index in [0.29, 0.717) is 35.3 Å². The number of carboxylic acid groups (broad SMARTS) is 1. The number of aromatic nitrogens is 3. The van der Waals surface area contributed by atoms with Crippen LogP contribution in [0.15, 0.2) is 34.3 Å². The third-order valence-electron chi connectivity index (χ3n) is 16.6. The number of nitrogens with zero attached hydrogens (tertiary/aromatic N) is 4. The average molecular weight is 787 g/mol. The lowest BCUT2D eigenvalue weighted by molar-refractivity contribution is -0.232. The number of hydrogen-bond acceptors (Lipinski definition) is 7. The summed E-state index contributed by atoms with van der Waals surface area (Å²) >= 11 is 7.13. The van der Waals surface area contributed by atoms with Gasteiger partial charge in [0, 0.05) is 30.5 Å². The number of halogens is 1. The van der Waals surface area contributed by atoms with E-state index in [1.165, 1.54) is 16.5 Å². The van der Waals surface area contributed by atoms with Gasteiger partial charge >= 0.3 is 11.9 Å². The maximum absolute atomic E-state index is 14.4. The summed E-state index contributed by atoms with van der Waals surface area (Å²) in [4.78, 5) is 57.8. The van der Waals surface area contributed by atoms with Crippen LogP contribution in [0.25, 0.3) is 5.82 Å². The predicted octanol–water partition coefficient (Wildman–Crippen LogP) is 8.74. The van der Waals surface area contributed by atoms with E-state index in [4.69, 9.17) is 16.3 Å². The number of rotatable bonds is 7. The Bertz CT molecular complexity index is 2140. The van der Waals surface area contributed by atoms with Gasteiger partial charge in [-0.25, -0.2) is 4.98 Å². The molecule has 11 heteroatoms. The minimum absolute atomic E-state index is 0.00152. The molecule has 5 aliphatic carbocycles. The molecule has 1 N–H and O–H groups in total. The van der Waals surface area contributed by atoms with E-state index in [1.54, 1.807) is 26.0 Å². The Morgan fingerprint density at radius 2 is 1.71 bits per heavy atom. The number of ketones is 1. The summed E-state index contributed by atoms with van der Waals surface area (Å²) in [6.45, 7) is 19.3. The molecule has 5 aliphatic rings. The first-order valence-electron chi connectivity index (χ1n) is 20.6. The molecule has 7 rings (SSSR count). The number of carboxylic acids is 1. The van der Waals surface area contributed by atoms with Crippen LogP contribution in [0.3, 0.4) is 0 Å². The standard InChI is InChI=1S/C45H59ClN4O6/c1-25(2)34-28(51)21-45(37-36(46)38(53)50(49(37)10)32-14-11-26(23-47)24-48-32)20-19-43(8)27(35(34)45)12-13-30-42(7)17-16-31(56-33(52)22-40(3,4)39(54)55)41(5,6)29(42)15-18-44(30,43)9/h11,14,24-25,27,29-31H,12-13,15-22H2,1-10H3,(H,54,55)/t27-,29+,30-,31+,42+,43-,44-,45-/m1/s1. The molecule has 0 spiro atoms. The molecular weight excluding hydrogens is 728 g/mol. The molecular formula is C45H59ClN4O6. The van der Waals surface area contributed by atoms with Crippen LogP contribution in [0.4, 0.5) is 0 Å². The van der Waals surface area contributed by atoms with Crippen LogP contribution < -0.4 is 5.56 Å². The number of ether oxygens (including phenoxy) is 1. The second kappa shape index (κ2) is 13.2. The summed E-state index contributed by atoms with van der Waals surface area (Å²) in [5.41, 5.74) is 0.444. The number of carbonyl (C=O) groups excluding carboxylic acids is 2. The minimum Gasteiger partial charge on any atom is -0.481 e. The highest BCUT2D eigenvalue weighted by Gasteiger charge is 2.71. The number of pyridine rings is 1. The molecule has 2 heterocycles. The topological polar surface area (TPSA) is 144 Å². The van der Waals surface area contributed by atoms with Crippen molar-refractivity contribution in [1.82, 2.24) is 14.3 Å². The van der Waals surface area contributed by atoms with Crippen LogP contribution in [0, 0.1) is 62.1 Å². The van der Waals surface area contributed by atoms with Gasteiger partial charge < -0.3 is 9.84 Å². The summed E-state index contributed by atoms with van der Waals surface area (Å²) < 4.78 is 9.46. The predicted molar refractivity (Wildman–Crippen MR) is 213 cm³/mol. The van der Waals surface area contributed by atoms with E-state index in [-0.39, 0.29) is 68.8 Å². The van der Waals surface area contributed by atoms with E-state index >= 15 is 0 Å². The van der Waals surface area contributed by atoms with Gasteiger partial charge in [0.1, 0.15) is 17.2 Å². The van der Waals surface area contributed by atoms with Crippen LogP contribution in [-0.2, 0) is 31.6 Å². The van der Waals surface area contributed by atoms with Crippen molar-refractivity contribution in [2.75, 3.05) is 0 Å². The van der Waals surface area contributed by atoms with Gasteiger partial charge in [-0.1, -0.05) is 60.1 Å². The van der Waals surface area contributed by atoms with Gasteiger partial charge in [-0.3, -0.25) is 23.9 Å². The third-order valence-corrected chi connectivity index (χ3v) is 16.9. The molecule has 4 fully saturated rings. The fourth-order valence-corrected chi connectivity index (χ4v) is 14.0. The van der Waals surface area contributed by atoms with Gasteiger partial charge in [-0.15, -0.1) is 0 Å². The number of carbonyl (C=O) groups is 3. The Morgan fingerprint density at radius 1 is 1.02 bits per heavy atom. The highest BCUT2D eigenvalue weighted by atomic mass is 35.5. The molecule has 56 heavy (non-hydrogen) atoms. The molecule has 302 valence electrons. The molecule has 0 aliphatic heterocycles. The van der Waals surface area contributed by atoms with E-state index in [2.05, 4.69) is 59.5 Å². The van der Waals surface area contributed by atoms with Gasteiger partial charge in [0.25, 0.3) is 5.56 Å². The number of aliphatic carboxylic acids is 1. The van der Waals surface area contributed by atoms with Crippen LogP contribution in [-0.4, -0.2) is 43.3 Å². The van der Waals surface area contributed by atoms with Crippen LogP contribution in [0.5, 0.6) is 0 Å². The zero-order chi connectivity index (χ0) is 41.1. The first kappa shape index (κ1) is 40.5. The van der Waals surface area contributed by atoms with Gasteiger partial charge in [-0.2, -0.15) is 9.94 Å². The van der Waals surface area contributed by atoms with Gasteiger partial charge in [0.05, 0.1) is 23.1 Å². The summed E-state index contributed by atoms with van der Waals surface area (Å²) in [6, 6.07) is 5.38. The highest BCUT2D eigenvalue weighted by Crippen LogP contribution is 2.77. The maximum atomic E-state index is 14.4. The molecule has 0 bridgehead atoms. The van der Waals surface area contributed by atoms with Crippen LogP contribution >= 0.6 is 11.6 Å². The zero-order valence-corrected chi connectivity index (χ0v) is 35.6. The normalized spacial score (nSPS) is 34.9. The van der Waals surface area contributed by atoms with Gasteiger partial charge in [0.2, 0.25) is 0 Å². The summed E-state index contributed by atoms with van der Waals surface area (Å²) in [6.07, 6.45) is 8.52. The molecule has 4 saturated carbocycles. The second-order valence-corrected chi connectivity index (χ2v) is 20.7. The molecule has 0 amide bonds. The number of nitriles is 1. The Kier molecular flexibility index (Phi) is 9.51. The third kappa shape index (κ3) is 5.48. The average Bonchev–Trinajstić information content (AvgIpc) is 3.54. The van der Waals surface area contributed by atoms with Crippen molar-refractivity contribution >= 4 is 29.3 Å². The van der Waals surface area contributed by atoms with Crippen molar-refractivity contribution in [3.8, 4) is 11.9 Å². The maximum Gasteiger partial charge on any atom is 0.309 e. The lowest BCUT2D eigenvalue weighted by Gasteiger charge is -2.72. The highest BCUT2D eigenvalue weighted by molar-refractivity contribution is 6.31. The van der Waals surface area contributed by atoms with E-state index in [1.807, 2.05) is 11.7 Å². The molecule has 8 atom stereocenters. The Hall–Kier alpha value is -3.71. The van der Waals surface area contributed by atoms with E-state index in [9.17, 15) is 29.5 Å². The van der Waals surface area contributed by atoms with E-state index < -0.39 is 22.8 Å². The van der Waals surface area contributed by atoms with Crippen LogP contribution in [0.1, 0.15) is 138 Å². The molecule has 2 aromatic rings.